The Morgan fingerprint density at radius 3 is 2.38 bits per heavy atom. The van der Waals surface area contributed by atoms with Crippen LogP contribution in [-0.4, -0.2) is 23.2 Å². The Morgan fingerprint density at radius 1 is 1.24 bits per heavy atom. The normalized spacial score (nSPS) is 15.0. The minimum atomic E-state index is -4.98. The summed E-state index contributed by atoms with van der Waals surface area (Å²) >= 11 is 0. The number of hydrogen-bond donors (Lipinski definition) is 0. The maximum atomic E-state index is 13.9. The zero-order chi connectivity index (χ0) is 15.9. The van der Waals surface area contributed by atoms with Crippen molar-refractivity contribution in [2.24, 2.45) is 0 Å². The van der Waals surface area contributed by atoms with E-state index in [0.29, 0.717) is 0 Å². The molecule has 0 bridgehead atoms. The number of alkyl halides is 2. The van der Waals surface area contributed by atoms with Crippen molar-refractivity contribution in [2.45, 2.75) is 30.2 Å². The molecule has 2 rings (SSSR count). The van der Waals surface area contributed by atoms with Gasteiger partial charge in [-0.3, -0.25) is 0 Å². The molecule has 21 heavy (non-hydrogen) atoms. The first-order valence-electron chi connectivity index (χ1n) is 5.86. The van der Waals surface area contributed by atoms with Gasteiger partial charge in [0.1, 0.15) is 17.4 Å². The Bertz CT molecular complexity index is 713. The van der Waals surface area contributed by atoms with Gasteiger partial charge in [-0.2, -0.15) is 8.78 Å². The molecule has 0 fully saturated rings. The summed E-state index contributed by atoms with van der Waals surface area (Å²) in [5, 5.41) is 0. The quantitative estimate of drug-likeness (QED) is 0.480. The van der Waals surface area contributed by atoms with E-state index < -0.39 is 58.9 Å². The molecule has 0 N–H and O–H groups in total. The molecule has 0 unspecified atom stereocenters. The molecule has 0 aliphatic heterocycles. The summed E-state index contributed by atoms with van der Waals surface area (Å²) in [5.41, 5.74) is -0.688. The molecule has 1 aromatic carbocycles. The minimum absolute atomic E-state index is 0.271. The first-order chi connectivity index (χ1) is 9.66. The third-order valence-corrected chi connectivity index (χ3v) is 4.90. The molecule has 0 amide bonds. The van der Waals surface area contributed by atoms with Crippen molar-refractivity contribution in [1.29, 1.82) is 0 Å². The molecular formula is C12H11F4O3SSi. The van der Waals surface area contributed by atoms with Crippen LogP contribution in [-0.2, 0) is 20.7 Å². The molecule has 0 atom stereocenters. The van der Waals surface area contributed by atoms with Crippen LogP contribution >= 0.6 is 0 Å². The van der Waals surface area contributed by atoms with Gasteiger partial charge in [0, 0.05) is 17.5 Å². The molecule has 0 aromatic heterocycles. The lowest BCUT2D eigenvalue weighted by atomic mass is 10.1. The van der Waals surface area contributed by atoms with Crippen LogP contribution in [0.3, 0.4) is 0 Å². The van der Waals surface area contributed by atoms with Crippen LogP contribution < -0.4 is 0 Å². The third kappa shape index (κ3) is 2.71. The molecule has 9 heteroatoms. The Kier molecular flexibility index (Phi) is 4.16. The van der Waals surface area contributed by atoms with Gasteiger partial charge in [0.05, 0.1) is 4.90 Å². The van der Waals surface area contributed by atoms with Crippen molar-refractivity contribution in [3.05, 3.63) is 34.9 Å². The van der Waals surface area contributed by atoms with Crippen molar-refractivity contribution >= 4 is 24.6 Å². The second-order valence-electron chi connectivity index (χ2n) is 4.63. The summed E-state index contributed by atoms with van der Waals surface area (Å²) in [6.07, 6.45) is -0.502. The van der Waals surface area contributed by atoms with E-state index in [1.807, 2.05) is 0 Å². The van der Waals surface area contributed by atoms with Crippen molar-refractivity contribution in [3.63, 3.8) is 0 Å². The summed E-state index contributed by atoms with van der Waals surface area (Å²) in [5.74, 6) is -5.83. The second kappa shape index (κ2) is 5.45. The molecule has 0 saturated heterocycles. The molecule has 0 spiro atoms. The summed E-state index contributed by atoms with van der Waals surface area (Å²) in [7, 11) is -6.47. The van der Waals surface area contributed by atoms with E-state index in [2.05, 4.69) is 0 Å². The monoisotopic (exact) mass is 339 g/mol. The van der Waals surface area contributed by atoms with E-state index in [4.69, 9.17) is 4.43 Å². The number of fused-ring (bicyclic) bond motifs is 1. The second-order valence-corrected chi connectivity index (χ2v) is 8.53. The Hall–Kier alpha value is -1.35. The van der Waals surface area contributed by atoms with E-state index in [1.54, 1.807) is 13.1 Å². The van der Waals surface area contributed by atoms with Crippen molar-refractivity contribution in [1.82, 2.24) is 0 Å². The SMILES string of the molecule is C[Si](C)OC1=C(F)Cc2c(F)ccc(S(=O)(=O)C(F)F)c21. The van der Waals surface area contributed by atoms with Crippen LogP contribution in [0.5, 0.6) is 0 Å². The highest BCUT2D eigenvalue weighted by Crippen LogP contribution is 2.41. The first kappa shape index (κ1) is 16.0. The third-order valence-electron chi connectivity index (χ3n) is 2.87. The van der Waals surface area contributed by atoms with Crippen molar-refractivity contribution in [2.75, 3.05) is 0 Å². The molecule has 1 aliphatic carbocycles. The van der Waals surface area contributed by atoms with Gasteiger partial charge in [-0.25, -0.2) is 17.2 Å². The summed E-state index contributed by atoms with van der Waals surface area (Å²) in [4.78, 5) is -0.806. The standard InChI is InChI=1S/C12H11F4O3SSi/c1-21(2)19-11-8(14)5-6-7(13)3-4-9(10(6)11)20(17,18)12(15)16/h3-4,12H,5H2,1-2H3. The topological polar surface area (TPSA) is 43.4 Å². The lowest BCUT2D eigenvalue weighted by Gasteiger charge is -2.15. The zero-order valence-electron chi connectivity index (χ0n) is 11.1. The van der Waals surface area contributed by atoms with E-state index >= 15 is 0 Å². The van der Waals surface area contributed by atoms with Gasteiger partial charge in [0.15, 0.2) is 0 Å². The average Bonchev–Trinajstić information content (AvgIpc) is 2.67. The fourth-order valence-electron chi connectivity index (χ4n) is 2.04. The molecule has 0 saturated carbocycles. The number of sulfone groups is 1. The maximum Gasteiger partial charge on any atom is 0.341 e. The van der Waals surface area contributed by atoms with Crippen LogP contribution in [0.2, 0.25) is 13.1 Å². The smallest absolute Gasteiger partial charge is 0.341 e. The van der Waals surface area contributed by atoms with Gasteiger partial charge in [-0.05, 0) is 25.2 Å². The van der Waals surface area contributed by atoms with Crippen LogP contribution in [0.1, 0.15) is 11.1 Å². The average molecular weight is 339 g/mol. The lowest BCUT2D eigenvalue weighted by molar-refractivity contribution is 0.234. The van der Waals surface area contributed by atoms with Gasteiger partial charge in [0.25, 0.3) is 9.04 Å². The summed E-state index contributed by atoms with van der Waals surface area (Å²) in [6.45, 7) is 3.31. The molecule has 1 aromatic rings. The molecule has 1 radical (unpaired) electrons. The highest BCUT2D eigenvalue weighted by Gasteiger charge is 2.37. The molecule has 1 aliphatic rings. The van der Waals surface area contributed by atoms with Crippen LogP contribution in [0.15, 0.2) is 22.9 Å². The number of hydrogen-bond acceptors (Lipinski definition) is 3. The van der Waals surface area contributed by atoms with Crippen LogP contribution in [0, 0.1) is 5.82 Å². The van der Waals surface area contributed by atoms with E-state index in [0.717, 1.165) is 12.1 Å². The van der Waals surface area contributed by atoms with E-state index in [9.17, 15) is 26.0 Å². The first-order valence-corrected chi connectivity index (χ1v) is 9.82. The highest BCUT2D eigenvalue weighted by molar-refractivity contribution is 7.91. The molecule has 0 heterocycles. The maximum absolute atomic E-state index is 13.9. The van der Waals surface area contributed by atoms with E-state index in [-0.39, 0.29) is 5.56 Å². The number of allylic oxidation sites excluding steroid dienone is 1. The zero-order valence-corrected chi connectivity index (χ0v) is 12.9. The van der Waals surface area contributed by atoms with Gasteiger partial charge in [-0.1, -0.05) is 0 Å². The van der Waals surface area contributed by atoms with Gasteiger partial charge in [0.2, 0.25) is 9.84 Å². The molecule has 3 nitrogen and oxygen atoms in total. The van der Waals surface area contributed by atoms with Crippen molar-refractivity contribution < 1.29 is 30.4 Å². The van der Waals surface area contributed by atoms with Gasteiger partial charge < -0.3 is 4.43 Å². The fourth-order valence-corrected chi connectivity index (χ4v) is 3.61. The Morgan fingerprint density at radius 2 is 1.86 bits per heavy atom. The predicted octanol–water partition coefficient (Wildman–Crippen LogP) is 3.28. The van der Waals surface area contributed by atoms with E-state index in [1.165, 1.54) is 0 Å². The lowest BCUT2D eigenvalue weighted by Crippen LogP contribution is -2.16. The van der Waals surface area contributed by atoms with Gasteiger partial charge >= 0.3 is 5.76 Å². The van der Waals surface area contributed by atoms with Gasteiger partial charge in [-0.15, -0.1) is 0 Å². The van der Waals surface area contributed by atoms with Crippen LogP contribution in [0.4, 0.5) is 17.6 Å². The Balaban J connectivity index is 2.72. The fraction of sp³-hybridized carbons (Fsp3) is 0.333. The van der Waals surface area contributed by atoms with Crippen molar-refractivity contribution in [3.8, 4) is 0 Å². The number of rotatable bonds is 4. The Labute approximate surface area is 120 Å². The number of halogens is 4. The number of benzene rings is 1. The predicted molar refractivity (Wildman–Crippen MR) is 69.9 cm³/mol. The largest absolute Gasteiger partial charge is 0.540 e. The molecular weight excluding hydrogens is 328 g/mol. The molecule has 115 valence electrons. The summed E-state index contributed by atoms with van der Waals surface area (Å²) < 4.78 is 81.7. The van der Waals surface area contributed by atoms with Crippen LogP contribution in [0.25, 0.3) is 5.76 Å². The highest BCUT2D eigenvalue weighted by atomic mass is 32.2. The minimum Gasteiger partial charge on any atom is -0.540 e. The summed E-state index contributed by atoms with van der Waals surface area (Å²) in [6, 6.07) is 1.46.